The summed E-state index contributed by atoms with van der Waals surface area (Å²) in [5.74, 6) is 1.55. The Kier molecular flexibility index (Phi) is 5.32. The summed E-state index contributed by atoms with van der Waals surface area (Å²) >= 11 is 0. The van der Waals surface area contributed by atoms with E-state index in [1.165, 1.54) is 7.11 Å². The van der Waals surface area contributed by atoms with Gasteiger partial charge in [0.05, 0.1) is 31.6 Å². The molecule has 138 valence electrons. The number of furan rings is 1. The Labute approximate surface area is 157 Å². The molecule has 0 spiro atoms. The summed E-state index contributed by atoms with van der Waals surface area (Å²) in [7, 11) is 1.49. The fourth-order valence-electron chi connectivity index (χ4n) is 2.96. The summed E-state index contributed by atoms with van der Waals surface area (Å²) in [5, 5.41) is 8.96. The second-order valence-electron chi connectivity index (χ2n) is 6.14. The van der Waals surface area contributed by atoms with Crippen LogP contribution in [0.1, 0.15) is 33.1 Å². The smallest absolute Gasteiger partial charge is 0.202 e. The Hall–Kier alpha value is -3.46. The number of hydrogen-bond acceptors (Lipinski definition) is 5. The number of hydrogen-bond donors (Lipinski definition) is 0. The maximum absolute atomic E-state index is 12.7. The zero-order valence-corrected chi connectivity index (χ0v) is 15.5. The highest BCUT2D eigenvalue weighted by molar-refractivity contribution is 5.98. The fraction of sp³-hybridized carbons (Fsp3) is 0.238. The van der Waals surface area contributed by atoms with E-state index in [0.29, 0.717) is 29.2 Å². The highest BCUT2D eigenvalue weighted by Gasteiger charge is 2.18. The molecule has 0 bridgehead atoms. The number of aryl methyl sites for hydroxylation is 1. The lowest BCUT2D eigenvalue weighted by Gasteiger charge is -2.11. The first kappa shape index (κ1) is 18.3. The van der Waals surface area contributed by atoms with Gasteiger partial charge in [0.1, 0.15) is 5.76 Å². The topological polar surface area (TPSA) is 77.4 Å². The fourth-order valence-corrected chi connectivity index (χ4v) is 2.96. The van der Waals surface area contributed by atoms with E-state index in [0.717, 1.165) is 17.1 Å². The van der Waals surface area contributed by atoms with Crippen LogP contribution in [0.5, 0.6) is 11.5 Å². The minimum atomic E-state index is -0.125. The summed E-state index contributed by atoms with van der Waals surface area (Å²) in [5.41, 5.74) is 2.92. The Morgan fingerprint density at radius 2 is 2.04 bits per heavy atom. The summed E-state index contributed by atoms with van der Waals surface area (Å²) in [4.78, 5) is 12.7. The lowest BCUT2D eigenvalue weighted by molar-refractivity contribution is 0.0918. The molecule has 2 aromatic heterocycles. The van der Waals surface area contributed by atoms with Crippen molar-refractivity contribution < 1.29 is 18.7 Å². The van der Waals surface area contributed by atoms with Crippen LogP contribution in [0, 0.1) is 25.2 Å². The van der Waals surface area contributed by atoms with E-state index in [1.54, 1.807) is 24.5 Å². The van der Waals surface area contributed by atoms with Crippen LogP contribution in [0.4, 0.5) is 0 Å². The molecule has 6 heteroatoms. The lowest BCUT2D eigenvalue weighted by atomic mass is 10.1. The zero-order valence-electron chi connectivity index (χ0n) is 15.5. The van der Waals surface area contributed by atoms with Gasteiger partial charge in [0.25, 0.3) is 0 Å². The Morgan fingerprint density at radius 3 is 2.70 bits per heavy atom. The number of methoxy groups -OCH3 is 1. The number of rotatable bonds is 7. The molecule has 6 nitrogen and oxygen atoms in total. The molecule has 0 aliphatic rings. The standard InChI is InChI=1S/C21H20N2O4/c1-14-9-18(15(2)23(14)12-17-5-4-8-26-17)19(24)13-27-20-7-6-16(11-22)10-21(20)25-3/h4-10H,12-13H2,1-3H3. The quantitative estimate of drug-likeness (QED) is 0.595. The number of nitriles is 1. The molecule has 0 aliphatic carbocycles. The number of ketones is 1. The van der Waals surface area contributed by atoms with Crippen LogP contribution in [0.2, 0.25) is 0 Å². The monoisotopic (exact) mass is 364 g/mol. The van der Waals surface area contributed by atoms with Crippen LogP contribution in [0.25, 0.3) is 0 Å². The van der Waals surface area contributed by atoms with Gasteiger partial charge >= 0.3 is 0 Å². The van der Waals surface area contributed by atoms with Gasteiger partial charge in [0.15, 0.2) is 18.1 Å². The number of carbonyl (C=O) groups is 1. The molecule has 0 saturated carbocycles. The summed E-state index contributed by atoms with van der Waals surface area (Å²) in [6.07, 6.45) is 1.63. The van der Waals surface area contributed by atoms with Crippen LogP contribution in [0.3, 0.4) is 0 Å². The predicted molar refractivity (Wildman–Crippen MR) is 99.3 cm³/mol. The normalized spacial score (nSPS) is 10.4. The van der Waals surface area contributed by atoms with Crippen molar-refractivity contribution in [3.63, 3.8) is 0 Å². The minimum Gasteiger partial charge on any atom is -0.493 e. The van der Waals surface area contributed by atoms with Crippen molar-refractivity contribution in [1.29, 1.82) is 5.26 Å². The molecule has 2 heterocycles. The maximum atomic E-state index is 12.7. The third-order valence-electron chi connectivity index (χ3n) is 4.42. The van der Waals surface area contributed by atoms with Crippen LogP contribution in [0.15, 0.2) is 47.1 Å². The molecule has 3 rings (SSSR count). The SMILES string of the molecule is COc1cc(C#N)ccc1OCC(=O)c1cc(C)n(Cc2ccco2)c1C. The van der Waals surface area contributed by atoms with Crippen molar-refractivity contribution in [2.75, 3.05) is 13.7 Å². The molecule has 0 aliphatic heterocycles. The van der Waals surface area contributed by atoms with Crippen LogP contribution in [-0.4, -0.2) is 24.1 Å². The highest BCUT2D eigenvalue weighted by atomic mass is 16.5. The maximum Gasteiger partial charge on any atom is 0.202 e. The summed E-state index contributed by atoms with van der Waals surface area (Å²) in [6, 6.07) is 12.5. The average molecular weight is 364 g/mol. The number of benzene rings is 1. The van der Waals surface area contributed by atoms with Crippen molar-refractivity contribution in [1.82, 2.24) is 4.57 Å². The number of ether oxygens (including phenoxy) is 2. The van der Waals surface area contributed by atoms with Gasteiger partial charge in [-0.25, -0.2) is 0 Å². The van der Waals surface area contributed by atoms with Gasteiger partial charge in [-0.05, 0) is 44.2 Å². The van der Waals surface area contributed by atoms with Gasteiger partial charge in [-0.15, -0.1) is 0 Å². The van der Waals surface area contributed by atoms with Crippen molar-refractivity contribution in [3.8, 4) is 17.6 Å². The molecule has 0 radical (unpaired) electrons. The summed E-state index contributed by atoms with van der Waals surface area (Å²) < 4.78 is 18.3. The second kappa shape index (κ2) is 7.83. The number of Topliss-reactive ketones (excluding diaryl/α,β-unsaturated/α-hetero) is 1. The Balaban J connectivity index is 1.75. The van der Waals surface area contributed by atoms with Crippen molar-refractivity contribution in [3.05, 3.63) is 70.9 Å². The third kappa shape index (κ3) is 3.87. The predicted octanol–water partition coefficient (Wildman–Crippen LogP) is 3.89. The molecule has 3 aromatic rings. The molecular weight excluding hydrogens is 344 g/mol. The molecule has 1 aromatic carbocycles. The molecule has 0 fully saturated rings. The van der Waals surface area contributed by atoms with E-state index >= 15 is 0 Å². The van der Waals surface area contributed by atoms with Gasteiger partial charge in [0.2, 0.25) is 5.78 Å². The first-order valence-electron chi connectivity index (χ1n) is 8.46. The Bertz CT molecular complexity index is 994. The van der Waals surface area contributed by atoms with E-state index in [4.69, 9.17) is 19.2 Å². The molecule has 0 N–H and O–H groups in total. The molecule has 0 saturated heterocycles. The second-order valence-corrected chi connectivity index (χ2v) is 6.14. The number of carbonyl (C=O) groups excluding carboxylic acids is 1. The van der Waals surface area contributed by atoms with Gasteiger partial charge in [-0.2, -0.15) is 5.26 Å². The van der Waals surface area contributed by atoms with Crippen molar-refractivity contribution >= 4 is 5.78 Å². The minimum absolute atomic E-state index is 0.118. The van der Waals surface area contributed by atoms with Crippen LogP contribution < -0.4 is 9.47 Å². The molecular formula is C21H20N2O4. The van der Waals surface area contributed by atoms with Crippen molar-refractivity contribution in [2.45, 2.75) is 20.4 Å². The molecule has 0 amide bonds. The molecule has 0 unspecified atom stereocenters. The average Bonchev–Trinajstić information content (AvgIpc) is 3.29. The van der Waals surface area contributed by atoms with Gasteiger partial charge < -0.3 is 18.5 Å². The number of aromatic nitrogens is 1. The van der Waals surface area contributed by atoms with Crippen molar-refractivity contribution in [2.24, 2.45) is 0 Å². The van der Waals surface area contributed by atoms with E-state index in [-0.39, 0.29) is 12.4 Å². The van der Waals surface area contributed by atoms with Crippen LogP contribution >= 0.6 is 0 Å². The summed E-state index contributed by atoms with van der Waals surface area (Å²) in [6.45, 7) is 4.32. The van der Waals surface area contributed by atoms with E-state index in [9.17, 15) is 4.79 Å². The van der Waals surface area contributed by atoms with Gasteiger partial charge in [-0.1, -0.05) is 0 Å². The third-order valence-corrected chi connectivity index (χ3v) is 4.42. The Morgan fingerprint density at radius 1 is 1.22 bits per heavy atom. The number of nitrogens with zero attached hydrogens (tertiary/aromatic N) is 2. The van der Waals surface area contributed by atoms with E-state index in [1.807, 2.05) is 42.7 Å². The van der Waals surface area contributed by atoms with Crippen LogP contribution in [-0.2, 0) is 6.54 Å². The first-order valence-corrected chi connectivity index (χ1v) is 8.46. The van der Waals surface area contributed by atoms with Gasteiger partial charge in [0, 0.05) is 23.0 Å². The lowest BCUT2D eigenvalue weighted by Crippen LogP contribution is -2.13. The first-order chi connectivity index (χ1) is 13.0. The zero-order chi connectivity index (χ0) is 19.4. The van der Waals surface area contributed by atoms with Gasteiger partial charge in [-0.3, -0.25) is 4.79 Å². The molecule has 0 atom stereocenters. The van der Waals surface area contributed by atoms with E-state index in [2.05, 4.69) is 0 Å². The van der Waals surface area contributed by atoms with E-state index < -0.39 is 0 Å². The molecule has 27 heavy (non-hydrogen) atoms. The largest absolute Gasteiger partial charge is 0.493 e. The highest BCUT2D eigenvalue weighted by Crippen LogP contribution is 2.28.